The third-order valence-corrected chi connectivity index (χ3v) is 2.41. The first-order valence-electron chi connectivity index (χ1n) is 4.70. The number of nitrogens with two attached hydrogens (primary N) is 1. The number of nitrogens with zero attached hydrogens (tertiary/aromatic N) is 3. The Morgan fingerprint density at radius 1 is 1.64 bits per heavy atom. The molecule has 1 unspecified atom stereocenters. The van der Waals surface area contributed by atoms with Crippen LogP contribution >= 0.6 is 0 Å². The van der Waals surface area contributed by atoms with Gasteiger partial charge in [-0.15, -0.1) is 0 Å². The monoisotopic (exact) mass is 194 g/mol. The van der Waals surface area contributed by atoms with Gasteiger partial charge in [0.1, 0.15) is 6.04 Å². The zero-order chi connectivity index (χ0) is 10.1. The summed E-state index contributed by atoms with van der Waals surface area (Å²) in [5, 5.41) is 4.14. The summed E-state index contributed by atoms with van der Waals surface area (Å²) in [5.74, 6) is 0.0499. The minimum absolute atomic E-state index is 0.0499. The van der Waals surface area contributed by atoms with Gasteiger partial charge in [-0.2, -0.15) is 5.10 Å². The minimum atomic E-state index is -0.269. The van der Waals surface area contributed by atoms with E-state index in [0.29, 0.717) is 13.1 Å². The fourth-order valence-corrected chi connectivity index (χ4v) is 1.54. The highest BCUT2D eigenvalue weighted by molar-refractivity contribution is 5.87. The van der Waals surface area contributed by atoms with Gasteiger partial charge in [0.15, 0.2) is 0 Å². The Balaban J connectivity index is 1.81. The third-order valence-electron chi connectivity index (χ3n) is 2.41. The number of aromatic nitrogens is 2. The van der Waals surface area contributed by atoms with Crippen LogP contribution in [0.25, 0.3) is 0 Å². The van der Waals surface area contributed by atoms with Gasteiger partial charge < -0.3 is 10.6 Å². The molecule has 5 heteroatoms. The van der Waals surface area contributed by atoms with Gasteiger partial charge in [0.25, 0.3) is 0 Å². The molecule has 0 aliphatic carbocycles. The maximum absolute atomic E-state index is 11.2. The second-order valence-electron chi connectivity index (χ2n) is 3.67. The third kappa shape index (κ3) is 1.63. The molecule has 0 spiro atoms. The van der Waals surface area contributed by atoms with Crippen molar-refractivity contribution in [2.24, 2.45) is 5.73 Å². The van der Waals surface area contributed by atoms with Gasteiger partial charge in [-0.05, 0) is 12.5 Å². The van der Waals surface area contributed by atoms with E-state index >= 15 is 0 Å². The van der Waals surface area contributed by atoms with Crippen LogP contribution in [0.5, 0.6) is 0 Å². The van der Waals surface area contributed by atoms with Crippen LogP contribution in [-0.2, 0) is 11.3 Å². The van der Waals surface area contributed by atoms with Crippen LogP contribution < -0.4 is 5.73 Å². The molecule has 1 atom stereocenters. The summed E-state index contributed by atoms with van der Waals surface area (Å²) < 4.78 is 1.84. The first-order valence-corrected chi connectivity index (χ1v) is 4.70. The average Bonchev–Trinajstić information content (AvgIpc) is 2.58. The summed E-state index contributed by atoms with van der Waals surface area (Å²) in [6, 6.07) is -0.269. The van der Waals surface area contributed by atoms with E-state index in [0.717, 1.165) is 12.1 Å². The van der Waals surface area contributed by atoms with Crippen molar-refractivity contribution in [3.8, 4) is 0 Å². The Hall–Kier alpha value is -1.36. The standard InChI is InChI=1S/C9H14N4O/c1-7-4-11-13(5-7)3-2-12-6-8(10)9(12)14/h4-5,8H,2-3,6,10H2,1H3. The molecule has 0 radical (unpaired) electrons. The van der Waals surface area contributed by atoms with Crippen molar-refractivity contribution in [1.29, 1.82) is 0 Å². The number of hydrogen-bond donors (Lipinski definition) is 1. The van der Waals surface area contributed by atoms with E-state index in [-0.39, 0.29) is 11.9 Å². The Kier molecular flexibility index (Phi) is 2.25. The second kappa shape index (κ2) is 3.42. The van der Waals surface area contributed by atoms with E-state index in [4.69, 9.17) is 5.73 Å². The van der Waals surface area contributed by atoms with Gasteiger partial charge in [0.2, 0.25) is 5.91 Å². The Morgan fingerprint density at radius 2 is 2.43 bits per heavy atom. The van der Waals surface area contributed by atoms with E-state index in [1.54, 1.807) is 4.90 Å². The van der Waals surface area contributed by atoms with Crippen molar-refractivity contribution in [2.75, 3.05) is 13.1 Å². The number of carbonyl (C=O) groups is 1. The number of β-lactam (4-membered cyclic amide) rings is 1. The number of amides is 1. The number of likely N-dealkylation sites (tertiary alicyclic amines) is 1. The molecule has 1 aromatic heterocycles. The van der Waals surface area contributed by atoms with E-state index in [1.807, 2.05) is 24.0 Å². The molecular weight excluding hydrogens is 180 g/mol. The van der Waals surface area contributed by atoms with E-state index in [9.17, 15) is 4.79 Å². The minimum Gasteiger partial charge on any atom is -0.337 e. The molecule has 0 bridgehead atoms. The first-order chi connectivity index (χ1) is 6.66. The van der Waals surface area contributed by atoms with Crippen LogP contribution in [-0.4, -0.2) is 39.7 Å². The maximum Gasteiger partial charge on any atom is 0.241 e. The van der Waals surface area contributed by atoms with Crippen LogP contribution in [0.15, 0.2) is 12.4 Å². The van der Waals surface area contributed by atoms with Crippen molar-refractivity contribution < 1.29 is 4.79 Å². The Labute approximate surface area is 82.5 Å². The predicted octanol–water partition coefficient (Wildman–Crippen LogP) is -0.639. The molecular formula is C9H14N4O. The lowest BCUT2D eigenvalue weighted by atomic mass is 10.1. The van der Waals surface area contributed by atoms with E-state index in [1.165, 1.54) is 0 Å². The highest BCUT2D eigenvalue weighted by atomic mass is 16.2. The fourth-order valence-electron chi connectivity index (χ4n) is 1.54. The van der Waals surface area contributed by atoms with E-state index < -0.39 is 0 Å². The molecule has 1 aliphatic rings. The number of rotatable bonds is 3. The lowest BCUT2D eigenvalue weighted by Crippen LogP contribution is -2.61. The summed E-state index contributed by atoms with van der Waals surface area (Å²) in [6.45, 7) is 4.12. The molecule has 5 nitrogen and oxygen atoms in total. The lowest BCUT2D eigenvalue weighted by molar-refractivity contribution is -0.142. The maximum atomic E-state index is 11.2. The second-order valence-corrected chi connectivity index (χ2v) is 3.67. The summed E-state index contributed by atoms with van der Waals surface area (Å²) in [6.07, 6.45) is 3.77. The van der Waals surface area contributed by atoms with E-state index in [2.05, 4.69) is 5.10 Å². The molecule has 2 heterocycles. The van der Waals surface area contributed by atoms with Crippen LogP contribution in [0.3, 0.4) is 0 Å². The fraction of sp³-hybridized carbons (Fsp3) is 0.556. The summed E-state index contributed by atoms with van der Waals surface area (Å²) in [4.78, 5) is 12.9. The van der Waals surface area contributed by atoms with Crippen LogP contribution in [0, 0.1) is 6.92 Å². The lowest BCUT2D eigenvalue weighted by Gasteiger charge is -2.35. The largest absolute Gasteiger partial charge is 0.337 e. The van der Waals surface area contributed by atoms with Gasteiger partial charge in [-0.25, -0.2) is 0 Å². The summed E-state index contributed by atoms with van der Waals surface area (Å²) in [5.41, 5.74) is 6.61. The summed E-state index contributed by atoms with van der Waals surface area (Å²) >= 11 is 0. The summed E-state index contributed by atoms with van der Waals surface area (Å²) in [7, 11) is 0. The highest BCUT2D eigenvalue weighted by Gasteiger charge is 2.32. The molecule has 1 aliphatic heterocycles. The molecule has 76 valence electrons. The Morgan fingerprint density at radius 3 is 2.93 bits per heavy atom. The Bertz CT molecular complexity index is 346. The first kappa shape index (κ1) is 9.21. The molecule has 2 rings (SSSR count). The van der Waals surface area contributed by atoms with Gasteiger partial charge in [-0.1, -0.05) is 0 Å². The van der Waals surface area contributed by atoms with Crippen molar-refractivity contribution in [2.45, 2.75) is 19.5 Å². The quantitative estimate of drug-likeness (QED) is 0.651. The smallest absolute Gasteiger partial charge is 0.241 e. The van der Waals surface area contributed by atoms with Gasteiger partial charge in [0.05, 0.1) is 12.7 Å². The number of hydrogen-bond acceptors (Lipinski definition) is 3. The van der Waals surface area contributed by atoms with Gasteiger partial charge in [-0.3, -0.25) is 9.48 Å². The SMILES string of the molecule is Cc1cnn(CCN2CC(N)C2=O)c1. The normalized spacial score (nSPS) is 21.1. The highest BCUT2D eigenvalue weighted by Crippen LogP contribution is 2.07. The molecule has 14 heavy (non-hydrogen) atoms. The molecule has 1 amide bonds. The molecule has 0 aromatic carbocycles. The zero-order valence-corrected chi connectivity index (χ0v) is 8.18. The van der Waals surface area contributed by atoms with Gasteiger partial charge >= 0.3 is 0 Å². The van der Waals surface area contributed by atoms with Crippen molar-refractivity contribution >= 4 is 5.91 Å². The molecule has 1 fully saturated rings. The van der Waals surface area contributed by atoms with Gasteiger partial charge in [0, 0.05) is 19.3 Å². The van der Waals surface area contributed by atoms with Crippen LogP contribution in [0.4, 0.5) is 0 Å². The molecule has 1 saturated heterocycles. The number of aryl methyl sites for hydroxylation is 1. The molecule has 1 aromatic rings. The average molecular weight is 194 g/mol. The number of carbonyl (C=O) groups excluding carboxylic acids is 1. The van der Waals surface area contributed by atoms with Crippen molar-refractivity contribution in [1.82, 2.24) is 14.7 Å². The predicted molar refractivity (Wildman–Crippen MR) is 51.5 cm³/mol. The van der Waals surface area contributed by atoms with Crippen molar-refractivity contribution in [3.05, 3.63) is 18.0 Å². The van der Waals surface area contributed by atoms with Crippen LogP contribution in [0.1, 0.15) is 5.56 Å². The topological polar surface area (TPSA) is 64.2 Å². The van der Waals surface area contributed by atoms with Crippen molar-refractivity contribution in [3.63, 3.8) is 0 Å². The van der Waals surface area contributed by atoms with Crippen LogP contribution in [0.2, 0.25) is 0 Å². The molecule has 0 saturated carbocycles. The zero-order valence-electron chi connectivity index (χ0n) is 8.18. The molecule has 2 N–H and O–H groups in total.